The molecule has 0 saturated carbocycles. The van der Waals surface area contributed by atoms with Crippen LogP contribution in [-0.2, 0) is 6.42 Å². The number of para-hydroxylation sites is 1. The zero-order valence-electron chi connectivity index (χ0n) is 11.2. The highest BCUT2D eigenvalue weighted by molar-refractivity contribution is 9.10. The van der Waals surface area contributed by atoms with Crippen molar-refractivity contribution >= 4 is 27.0 Å². The third kappa shape index (κ3) is 2.84. The maximum absolute atomic E-state index is 5.88. The predicted molar refractivity (Wildman–Crippen MR) is 80.2 cm³/mol. The fourth-order valence-corrected chi connectivity index (χ4v) is 3.29. The number of oxazole rings is 1. The fourth-order valence-electron chi connectivity index (χ4n) is 2.86. The molecule has 3 nitrogen and oxygen atoms in total. The van der Waals surface area contributed by atoms with Gasteiger partial charge in [0.1, 0.15) is 5.52 Å². The Morgan fingerprint density at radius 1 is 1.53 bits per heavy atom. The first-order chi connectivity index (χ1) is 9.24. The van der Waals surface area contributed by atoms with Crippen molar-refractivity contribution in [2.75, 3.05) is 13.1 Å². The third-order valence-corrected chi connectivity index (χ3v) is 4.67. The van der Waals surface area contributed by atoms with Crippen molar-refractivity contribution in [3.63, 3.8) is 0 Å². The Morgan fingerprint density at radius 2 is 2.42 bits per heavy atom. The van der Waals surface area contributed by atoms with Crippen molar-refractivity contribution in [2.24, 2.45) is 11.8 Å². The van der Waals surface area contributed by atoms with E-state index in [1.54, 1.807) is 0 Å². The van der Waals surface area contributed by atoms with Crippen molar-refractivity contribution in [1.29, 1.82) is 0 Å². The number of piperidine rings is 1. The molecule has 2 heterocycles. The Balaban J connectivity index is 1.75. The van der Waals surface area contributed by atoms with Crippen LogP contribution in [0.1, 0.15) is 25.7 Å². The summed E-state index contributed by atoms with van der Waals surface area (Å²) in [5, 5.41) is 3.48. The summed E-state index contributed by atoms with van der Waals surface area (Å²) in [7, 11) is 0. The van der Waals surface area contributed by atoms with Gasteiger partial charge < -0.3 is 9.73 Å². The molecule has 1 fully saturated rings. The van der Waals surface area contributed by atoms with E-state index in [0.717, 1.165) is 40.3 Å². The first-order valence-corrected chi connectivity index (χ1v) is 7.78. The first-order valence-electron chi connectivity index (χ1n) is 6.98. The van der Waals surface area contributed by atoms with Crippen LogP contribution in [0, 0.1) is 11.8 Å². The molecule has 0 bridgehead atoms. The number of hydrogen-bond donors (Lipinski definition) is 1. The molecule has 1 N–H and O–H groups in total. The second kappa shape index (κ2) is 5.63. The number of benzene rings is 1. The largest absolute Gasteiger partial charge is 0.439 e. The molecular formula is C15H19BrN2O. The Kier molecular flexibility index (Phi) is 3.89. The molecule has 0 aliphatic carbocycles. The van der Waals surface area contributed by atoms with E-state index in [-0.39, 0.29) is 0 Å². The molecule has 102 valence electrons. The maximum Gasteiger partial charge on any atom is 0.195 e. The molecule has 1 saturated heterocycles. The second-order valence-electron chi connectivity index (χ2n) is 5.48. The molecule has 19 heavy (non-hydrogen) atoms. The van der Waals surface area contributed by atoms with Crippen molar-refractivity contribution in [1.82, 2.24) is 10.3 Å². The monoisotopic (exact) mass is 322 g/mol. The summed E-state index contributed by atoms with van der Waals surface area (Å²) in [6.07, 6.45) is 3.53. The molecule has 0 amide bonds. The number of nitrogens with one attached hydrogen (secondary N) is 1. The van der Waals surface area contributed by atoms with E-state index in [1.807, 2.05) is 18.2 Å². The van der Waals surface area contributed by atoms with E-state index in [1.165, 1.54) is 19.4 Å². The summed E-state index contributed by atoms with van der Waals surface area (Å²) in [5.41, 5.74) is 1.81. The summed E-state index contributed by atoms with van der Waals surface area (Å²) < 4.78 is 6.86. The molecule has 1 aromatic heterocycles. The highest BCUT2D eigenvalue weighted by Gasteiger charge is 2.22. The van der Waals surface area contributed by atoms with Gasteiger partial charge in [-0.15, -0.1) is 0 Å². The second-order valence-corrected chi connectivity index (χ2v) is 6.34. The summed E-state index contributed by atoms with van der Waals surface area (Å²) >= 11 is 3.51. The van der Waals surface area contributed by atoms with Crippen molar-refractivity contribution < 1.29 is 4.42 Å². The van der Waals surface area contributed by atoms with Gasteiger partial charge in [0, 0.05) is 6.42 Å². The lowest BCUT2D eigenvalue weighted by Crippen LogP contribution is -2.33. The van der Waals surface area contributed by atoms with E-state index < -0.39 is 0 Å². The molecule has 1 aliphatic heterocycles. The number of halogens is 1. The summed E-state index contributed by atoms with van der Waals surface area (Å²) in [4.78, 5) is 4.59. The summed E-state index contributed by atoms with van der Waals surface area (Å²) in [5.74, 6) is 2.21. The minimum atomic E-state index is 0.611. The predicted octanol–water partition coefficient (Wildman–Crippen LogP) is 3.77. The molecular weight excluding hydrogens is 304 g/mol. The zero-order chi connectivity index (χ0) is 13.2. The van der Waals surface area contributed by atoms with Gasteiger partial charge >= 0.3 is 0 Å². The van der Waals surface area contributed by atoms with E-state index >= 15 is 0 Å². The van der Waals surface area contributed by atoms with Crippen LogP contribution >= 0.6 is 15.9 Å². The summed E-state index contributed by atoms with van der Waals surface area (Å²) in [6, 6.07) is 5.99. The molecule has 2 aromatic rings. The van der Waals surface area contributed by atoms with Crippen LogP contribution < -0.4 is 5.32 Å². The van der Waals surface area contributed by atoms with Crippen LogP contribution in [0.25, 0.3) is 11.1 Å². The minimum Gasteiger partial charge on any atom is -0.439 e. The fraction of sp³-hybridized carbons (Fsp3) is 0.533. The van der Waals surface area contributed by atoms with Gasteiger partial charge in [0.25, 0.3) is 0 Å². The molecule has 4 heteroatoms. The maximum atomic E-state index is 5.88. The molecule has 2 atom stereocenters. The number of aromatic nitrogens is 1. The Morgan fingerprint density at radius 3 is 3.16 bits per heavy atom. The van der Waals surface area contributed by atoms with Crippen LogP contribution in [0.15, 0.2) is 27.1 Å². The number of fused-ring (bicyclic) bond motifs is 1. The van der Waals surface area contributed by atoms with E-state index in [0.29, 0.717) is 5.92 Å². The lowest BCUT2D eigenvalue weighted by atomic mass is 9.85. The van der Waals surface area contributed by atoms with Gasteiger partial charge in [-0.1, -0.05) is 13.0 Å². The Bertz CT molecular complexity index is 560. The van der Waals surface area contributed by atoms with Crippen molar-refractivity contribution in [3.8, 4) is 0 Å². The van der Waals surface area contributed by atoms with Gasteiger partial charge in [-0.05, 0) is 65.8 Å². The quantitative estimate of drug-likeness (QED) is 0.934. The number of hydrogen-bond acceptors (Lipinski definition) is 3. The Hall–Kier alpha value is -0.870. The van der Waals surface area contributed by atoms with Gasteiger partial charge in [-0.2, -0.15) is 0 Å². The topological polar surface area (TPSA) is 38.1 Å². The van der Waals surface area contributed by atoms with Gasteiger partial charge in [0.2, 0.25) is 0 Å². The van der Waals surface area contributed by atoms with Crippen molar-refractivity contribution in [2.45, 2.75) is 26.2 Å². The first kappa shape index (κ1) is 13.1. The number of nitrogens with zero attached hydrogens (tertiary/aromatic N) is 1. The third-order valence-electron chi connectivity index (χ3n) is 4.05. The van der Waals surface area contributed by atoms with E-state index in [4.69, 9.17) is 4.42 Å². The lowest BCUT2D eigenvalue weighted by Gasteiger charge is -2.27. The van der Waals surface area contributed by atoms with E-state index in [9.17, 15) is 0 Å². The van der Waals surface area contributed by atoms with Crippen LogP contribution in [0.3, 0.4) is 0 Å². The van der Waals surface area contributed by atoms with Gasteiger partial charge in [-0.25, -0.2) is 4.98 Å². The average molecular weight is 323 g/mol. The van der Waals surface area contributed by atoms with Crippen LogP contribution in [0.2, 0.25) is 0 Å². The average Bonchev–Trinajstić information content (AvgIpc) is 2.84. The highest BCUT2D eigenvalue weighted by Crippen LogP contribution is 2.28. The molecule has 0 radical (unpaired) electrons. The highest BCUT2D eigenvalue weighted by atomic mass is 79.9. The van der Waals surface area contributed by atoms with Crippen LogP contribution in [0.4, 0.5) is 0 Å². The minimum absolute atomic E-state index is 0.611. The molecule has 1 aromatic carbocycles. The van der Waals surface area contributed by atoms with Gasteiger partial charge in [-0.3, -0.25) is 0 Å². The molecule has 0 spiro atoms. The Labute approximate surface area is 121 Å². The lowest BCUT2D eigenvalue weighted by molar-refractivity contribution is 0.267. The zero-order valence-corrected chi connectivity index (χ0v) is 12.7. The van der Waals surface area contributed by atoms with Crippen LogP contribution in [-0.4, -0.2) is 18.1 Å². The molecule has 2 unspecified atom stereocenters. The van der Waals surface area contributed by atoms with Crippen molar-refractivity contribution in [3.05, 3.63) is 28.6 Å². The van der Waals surface area contributed by atoms with Gasteiger partial charge in [0.05, 0.1) is 4.47 Å². The van der Waals surface area contributed by atoms with E-state index in [2.05, 4.69) is 33.2 Å². The smallest absolute Gasteiger partial charge is 0.195 e. The molecule has 1 aliphatic rings. The normalized spacial score (nSPS) is 21.7. The van der Waals surface area contributed by atoms with Gasteiger partial charge in [0.15, 0.2) is 11.5 Å². The SMILES string of the molecule is CC(Cc1nc2cccc(Br)c2o1)C1CCCNC1. The molecule has 3 rings (SSSR count). The number of rotatable bonds is 3. The summed E-state index contributed by atoms with van der Waals surface area (Å²) in [6.45, 7) is 4.60. The van der Waals surface area contributed by atoms with Crippen LogP contribution in [0.5, 0.6) is 0 Å². The standard InChI is InChI=1S/C15H19BrN2O/c1-10(11-4-3-7-17-9-11)8-14-18-13-6-2-5-12(16)15(13)19-14/h2,5-6,10-11,17H,3-4,7-9H2,1H3.